The molecule has 0 aliphatic heterocycles. The van der Waals surface area contributed by atoms with Crippen LogP contribution in [0.15, 0.2) is 48.5 Å². The quantitative estimate of drug-likeness (QED) is 0.883. The van der Waals surface area contributed by atoms with E-state index in [0.717, 1.165) is 12.0 Å². The maximum Gasteiger partial charge on any atom is 0.255 e. The lowest BCUT2D eigenvalue weighted by Crippen LogP contribution is -2.31. The van der Waals surface area contributed by atoms with Gasteiger partial charge in [0.05, 0.1) is 0 Å². The third-order valence-corrected chi connectivity index (χ3v) is 3.76. The second kappa shape index (κ2) is 7.58. The molecule has 0 saturated heterocycles. The molecule has 2 rings (SSSR count). The van der Waals surface area contributed by atoms with Gasteiger partial charge in [-0.15, -0.1) is 0 Å². The molecule has 0 heterocycles. The molecule has 4 nitrogen and oxygen atoms in total. The summed E-state index contributed by atoms with van der Waals surface area (Å²) in [6.07, 6.45) is 0.870. The highest BCUT2D eigenvalue weighted by Gasteiger charge is 2.11. The lowest BCUT2D eigenvalue weighted by atomic mass is 10.1. The molecule has 4 heteroatoms. The van der Waals surface area contributed by atoms with Crippen molar-refractivity contribution in [1.82, 2.24) is 5.32 Å². The van der Waals surface area contributed by atoms with Gasteiger partial charge in [-0.3, -0.25) is 9.59 Å². The zero-order valence-corrected chi connectivity index (χ0v) is 13.7. The minimum Gasteiger partial charge on any atom is -0.350 e. The van der Waals surface area contributed by atoms with Gasteiger partial charge in [0.2, 0.25) is 0 Å². The Bertz CT molecular complexity index is 710. The molecule has 0 radical (unpaired) electrons. The number of anilines is 1. The van der Waals surface area contributed by atoms with Crippen LogP contribution >= 0.6 is 0 Å². The minimum absolute atomic E-state index is 0.118. The number of carbonyl (C=O) groups excluding carboxylic acids is 2. The van der Waals surface area contributed by atoms with Crippen LogP contribution < -0.4 is 10.6 Å². The number of carbonyl (C=O) groups is 2. The van der Waals surface area contributed by atoms with E-state index in [1.807, 2.05) is 39.0 Å². The molecule has 2 aromatic carbocycles. The summed E-state index contributed by atoms with van der Waals surface area (Å²) < 4.78 is 0. The summed E-state index contributed by atoms with van der Waals surface area (Å²) in [5.74, 6) is -0.311. The van der Waals surface area contributed by atoms with Crippen molar-refractivity contribution in [1.29, 1.82) is 0 Å². The van der Waals surface area contributed by atoms with E-state index in [-0.39, 0.29) is 17.9 Å². The molecule has 2 amide bonds. The fourth-order valence-corrected chi connectivity index (χ4v) is 2.17. The highest BCUT2D eigenvalue weighted by Crippen LogP contribution is 2.14. The van der Waals surface area contributed by atoms with Crippen molar-refractivity contribution in [2.45, 2.75) is 33.2 Å². The predicted octanol–water partition coefficient (Wildman–Crippen LogP) is 3.78. The van der Waals surface area contributed by atoms with Gasteiger partial charge in [0.15, 0.2) is 0 Å². The van der Waals surface area contributed by atoms with E-state index in [2.05, 4.69) is 10.6 Å². The second-order valence-electron chi connectivity index (χ2n) is 5.63. The molecule has 2 N–H and O–H groups in total. The molecule has 0 bridgehead atoms. The Morgan fingerprint density at radius 2 is 1.78 bits per heavy atom. The van der Waals surface area contributed by atoms with Crippen LogP contribution in [0.4, 0.5) is 5.69 Å². The molecule has 0 aliphatic carbocycles. The molecule has 0 spiro atoms. The normalized spacial score (nSPS) is 11.6. The summed E-state index contributed by atoms with van der Waals surface area (Å²) in [6, 6.07) is 14.5. The van der Waals surface area contributed by atoms with Gasteiger partial charge in [0.1, 0.15) is 0 Å². The number of nitrogens with one attached hydrogen (secondary N) is 2. The molecular formula is C19H22N2O2. The lowest BCUT2D eigenvalue weighted by molar-refractivity contribution is 0.0938. The SMILES string of the molecule is CCC(C)NC(=O)c1cccc(NC(=O)c2ccccc2C)c1. The molecule has 2 aromatic rings. The van der Waals surface area contributed by atoms with Gasteiger partial charge in [-0.2, -0.15) is 0 Å². The molecule has 0 fully saturated rings. The van der Waals surface area contributed by atoms with Crippen LogP contribution in [0.1, 0.15) is 46.5 Å². The first-order valence-electron chi connectivity index (χ1n) is 7.79. The first-order chi connectivity index (χ1) is 11.0. The summed E-state index contributed by atoms with van der Waals surface area (Å²) in [5, 5.41) is 5.76. The number of amides is 2. The Kier molecular flexibility index (Phi) is 5.52. The number of rotatable bonds is 5. The van der Waals surface area contributed by atoms with Crippen molar-refractivity contribution in [3.8, 4) is 0 Å². The van der Waals surface area contributed by atoms with Gasteiger partial charge in [-0.1, -0.05) is 31.2 Å². The van der Waals surface area contributed by atoms with Gasteiger partial charge in [-0.25, -0.2) is 0 Å². The summed E-state index contributed by atoms with van der Waals surface area (Å²) in [5.41, 5.74) is 2.68. The number of hydrogen-bond donors (Lipinski definition) is 2. The monoisotopic (exact) mass is 310 g/mol. The first-order valence-corrected chi connectivity index (χ1v) is 7.79. The first kappa shape index (κ1) is 16.7. The fourth-order valence-electron chi connectivity index (χ4n) is 2.17. The maximum atomic E-state index is 12.3. The average molecular weight is 310 g/mol. The Labute approximate surface area is 136 Å². The molecule has 0 saturated carbocycles. The zero-order chi connectivity index (χ0) is 16.8. The van der Waals surface area contributed by atoms with E-state index >= 15 is 0 Å². The summed E-state index contributed by atoms with van der Waals surface area (Å²) in [6.45, 7) is 5.87. The molecule has 23 heavy (non-hydrogen) atoms. The van der Waals surface area contributed by atoms with Gasteiger partial charge >= 0.3 is 0 Å². The van der Waals surface area contributed by atoms with Crippen molar-refractivity contribution in [3.05, 3.63) is 65.2 Å². The van der Waals surface area contributed by atoms with Crippen LogP contribution in [-0.4, -0.2) is 17.9 Å². The van der Waals surface area contributed by atoms with E-state index in [1.54, 1.807) is 30.3 Å². The summed E-state index contributed by atoms with van der Waals surface area (Å²) >= 11 is 0. The molecule has 0 aromatic heterocycles. The Balaban J connectivity index is 2.13. The topological polar surface area (TPSA) is 58.2 Å². The van der Waals surface area contributed by atoms with Crippen LogP contribution in [0.3, 0.4) is 0 Å². The number of benzene rings is 2. The molecule has 0 aliphatic rings. The standard InChI is InChI=1S/C19H22N2O2/c1-4-14(3)20-18(22)15-9-7-10-16(12-15)21-19(23)17-11-6-5-8-13(17)2/h5-12,14H,4H2,1-3H3,(H,20,22)(H,21,23). The van der Waals surface area contributed by atoms with Crippen LogP contribution in [-0.2, 0) is 0 Å². The third kappa shape index (κ3) is 4.42. The van der Waals surface area contributed by atoms with Crippen molar-refractivity contribution < 1.29 is 9.59 Å². The van der Waals surface area contributed by atoms with Crippen molar-refractivity contribution >= 4 is 17.5 Å². The largest absolute Gasteiger partial charge is 0.350 e. The maximum absolute atomic E-state index is 12.3. The Morgan fingerprint density at radius 1 is 1.04 bits per heavy atom. The van der Waals surface area contributed by atoms with Gasteiger partial charge < -0.3 is 10.6 Å². The predicted molar refractivity (Wildman–Crippen MR) is 92.8 cm³/mol. The average Bonchev–Trinajstić information content (AvgIpc) is 2.55. The lowest BCUT2D eigenvalue weighted by Gasteiger charge is -2.12. The van der Waals surface area contributed by atoms with Gasteiger partial charge in [0, 0.05) is 22.9 Å². The van der Waals surface area contributed by atoms with Gasteiger partial charge in [0.25, 0.3) is 11.8 Å². The van der Waals surface area contributed by atoms with E-state index in [1.165, 1.54) is 0 Å². The fraction of sp³-hybridized carbons (Fsp3) is 0.263. The number of hydrogen-bond acceptors (Lipinski definition) is 2. The highest BCUT2D eigenvalue weighted by molar-refractivity contribution is 6.06. The molecule has 120 valence electrons. The number of aryl methyl sites for hydroxylation is 1. The molecular weight excluding hydrogens is 288 g/mol. The summed E-state index contributed by atoms with van der Waals surface area (Å²) in [7, 11) is 0. The highest BCUT2D eigenvalue weighted by atomic mass is 16.2. The minimum atomic E-state index is -0.178. The Morgan fingerprint density at radius 3 is 2.48 bits per heavy atom. The van der Waals surface area contributed by atoms with Crippen molar-refractivity contribution in [2.24, 2.45) is 0 Å². The zero-order valence-electron chi connectivity index (χ0n) is 13.7. The van der Waals surface area contributed by atoms with Gasteiger partial charge in [-0.05, 0) is 50.1 Å². The van der Waals surface area contributed by atoms with E-state index in [9.17, 15) is 9.59 Å². The molecule has 1 unspecified atom stereocenters. The van der Waals surface area contributed by atoms with Crippen LogP contribution in [0, 0.1) is 6.92 Å². The smallest absolute Gasteiger partial charge is 0.255 e. The molecule has 1 atom stereocenters. The Hall–Kier alpha value is -2.62. The van der Waals surface area contributed by atoms with Crippen LogP contribution in [0.25, 0.3) is 0 Å². The van der Waals surface area contributed by atoms with Crippen molar-refractivity contribution in [2.75, 3.05) is 5.32 Å². The van der Waals surface area contributed by atoms with E-state index in [4.69, 9.17) is 0 Å². The van der Waals surface area contributed by atoms with E-state index < -0.39 is 0 Å². The van der Waals surface area contributed by atoms with Crippen LogP contribution in [0.2, 0.25) is 0 Å². The van der Waals surface area contributed by atoms with Crippen molar-refractivity contribution in [3.63, 3.8) is 0 Å². The van der Waals surface area contributed by atoms with E-state index in [0.29, 0.717) is 16.8 Å². The van der Waals surface area contributed by atoms with Crippen LogP contribution in [0.5, 0.6) is 0 Å². The summed E-state index contributed by atoms with van der Waals surface area (Å²) in [4.78, 5) is 24.5. The second-order valence-corrected chi connectivity index (χ2v) is 5.63. The third-order valence-electron chi connectivity index (χ3n) is 3.76.